The molecule has 0 heterocycles. The molecule has 0 fully saturated rings. The number of nitrogen functional groups attached to an aromatic ring is 1. The molecule has 0 aromatic heterocycles. The highest BCUT2D eigenvalue weighted by atomic mass is 15.3. The predicted molar refractivity (Wildman–Crippen MR) is 61.5 cm³/mol. The van der Waals surface area contributed by atoms with Crippen molar-refractivity contribution < 1.29 is 0 Å². The van der Waals surface area contributed by atoms with Crippen LogP contribution >= 0.6 is 0 Å². The average Bonchev–Trinajstić information content (AvgIpc) is 2.59. The number of rotatable bonds is 1. The van der Waals surface area contributed by atoms with Gasteiger partial charge in [0.2, 0.25) is 5.96 Å². The highest BCUT2D eigenvalue weighted by molar-refractivity contribution is 6.05. The Morgan fingerprint density at radius 1 is 1.20 bits per heavy atom. The Morgan fingerprint density at radius 3 is 2.73 bits per heavy atom. The first-order chi connectivity index (χ1) is 7.18. The zero-order valence-electron chi connectivity index (χ0n) is 8.27. The summed E-state index contributed by atoms with van der Waals surface area (Å²) in [5.41, 5.74) is 20.2. The Labute approximate surface area is 87.7 Å². The van der Waals surface area contributed by atoms with E-state index in [1.165, 1.54) is 0 Å². The highest BCUT2D eigenvalue weighted by Crippen LogP contribution is 2.27. The summed E-state index contributed by atoms with van der Waals surface area (Å²) in [6.07, 6.45) is 1.74. The van der Waals surface area contributed by atoms with Crippen molar-refractivity contribution in [3.63, 3.8) is 0 Å². The van der Waals surface area contributed by atoms with Gasteiger partial charge in [-0.1, -0.05) is 12.1 Å². The predicted octanol–water partition coefficient (Wildman–Crippen LogP) is 0.193. The van der Waals surface area contributed by atoms with Crippen molar-refractivity contribution in [2.45, 2.75) is 12.8 Å². The van der Waals surface area contributed by atoms with E-state index in [1.54, 1.807) is 0 Å². The SMILES string of the molecule is NC(N)=NN=C1CCc2c(N)cccc21. The molecule has 0 atom stereocenters. The molecule has 78 valence electrons. The number of fused-ring (bicyclic) bond motifs is 1. The van der Waals surface area contributed by atoms with Gasteiger partial charge in [-0.05, 0) is 24.5 Å². The Balaban J connectivity index is 2.41. The Kier molecular flexibility index (Phi) is 2.29. The molecular formula is C10H13N5. The van der Waals surface area contributed by atoms with E-state index in [1.807, 2.05) is 18.2 Å². The quantitative estimate of drug-likeness (QED) is 0.263. The van der Waals surface area contributed by atoms with Gasteiger partial charge >= 0.3 is 0 Å². The number of nitrogens with two attached hydrogens (primary N) is 3. The third-order valence-corrected chi connectivity index (χ3v) is 2.42. The van der Waals surface area contributed by atoms with Gasteiger partial charge in [0.15, 0.2) is 0 Å². The van der Waals surface area contributed by atoms with Gasteiger partial charge in [0.25, 0.3) is 0 Å². The maximum Gasteiger partial charge on any atom is 0.211 e. The second kappa shape index (κ2) is 3.61. The molecule has 0 saturated carbocycles. The van der Waals surface area contributed by atoms with E-state index in [0.717, 1.165) is 35.4 Å². The van der Waals surface area contributed by atoms with Gasteiger partial charge in [0.05, 0.1) is 5.71 Å². The second-order valence-corrected chi connectivity index (χ2v) is 3.44. The topological polar surface area (TPSA) is 103 Å². The summed E-state index contributed by atoms with van der Waals surface area (Å²) in [4.78, 5) is 0. The molecule has 5 heteroatoms. The minimum atomic E-state index is -0.0279. The average molecular weight is 203 g/mol. The first-order valence-corrected chi connectivity index (χ1v) is 4.71. The lowest BCUT2D eigenvalue weighted by Crippen LogP contribution is -2.22. The summed E-state index contributed by atoms with van der Waals surface area (Å²) in [5, 5.41) is 7.66. The van der Waals surface area contributed by atoms with Crippen LogP contribution in [0.15, 0.2) is 28.4 Å². The van der Waals surface area contributed by atoms with Crippen LogP contribution in [0.25, 0.3) is 0 Å². The summed E-state index contributed by atoms with van der Waals surface area (Å²) in [6.45, 7) is 0. The van der Waals surface area contributed by atoms with Gasteiger partial charge in [0, 0.05) is 11.3 Å². The van der Waals surface area contributed by atoms with Crippen molar-refractivity contribution in [2.75, 3.05) is 5.73 Å². The molecule has 0 spiro atoms. The van der Waals surface area contributed by atoms with Gasteiger partial charge in [-0.15, -0.1) is 5.10 Å². The lowest BCUT2D eigenvalue weighted by molar-refractivity contribution is 1.08. The first-order valence-electron chi connectivity index (χ1n) is 4.71. The summed E-state index contributed by atoms with van der Waals surface area (Å²) >= 11 is 0. The number of anilines is 1. The molecule has 2 rings (SSSR count). The monoisotopic (exact) mass is 203 g/mol. The summed E-state index contributed by atoms with van der Waals surface area (Å²) in [6, 6.07) is 5.78. The minimum Gasteiger partial charge on any atom is -0.398 e. The number of guanidine groups is 1. The van der Waals surface area contributed by atoms with Crippen LogP contribution in [0.3, 0.4) is 0 Å². The minimum absolute atomic E-state index is 0.0279. The van der Waals surface area contributed by atoms with Crippen LogP contribution in [0.2, 0.25) is 0 Å². The summed E-state index contributed by atoms with van der Waals surface area (Å²) in [5.74, 6) is -0.0279. The molecule has 5 nitrogen and oxygen atoms in total. The van der Waals surface area contributed by atoms with Crippen LogP contribution in [0.5, 0.6) is 0 Å². The van der Waals surface area contributed by atoms with Gasteiger partial charge < -0.3 is 17.2 Å². The van der Waals surface area contributed by atoms with Gasteiger partial charge in [-0.3, -0.25) is 0 Å². The van der Waals surface area contributed by atoms with Crippen molar-refractivity contribution in [1.29, 1.82) is 0 Å². The Hall–Kier alpha value is -2.04. The molecule has 0 amide bonds. The number of hydrogen-bond acceptors (Lipinski definition) is 3. The van der Waals surface area contributed by atoms with Crippen molar-refractivity contribution in [3.8, 4) is 0 Å². The van der Waals surface area contributed by atoms with Crippen molar-refractivity contribution in [2.24, 2.45) is 21.7 Å². The van der Waals surface area contributed by atoms with E-state index in [2.05, 4.69) is 10.2 Å². The first kappa shape index (κ1) is 9.51. The summed E-state index contributed by atoms with van der Waals surface area (Å²) in [7, 11) is 0. The zero-order chi connectivity index (χ0) is 10.8. The zero-order valence-corrected chi connectivity index (χ0v) is 8.27. The fourth-order valence-corrected chi connectivity index (χ4v) is 1.75. The van der Waals surface area contributed by atoms with Crippen LogP contribution < -0.4 is 17.2 Å². The van der Waals surface area contributed by atoms with Gasteiger partial charge in [-0.25, -0.2) is 0 Å². The molecule has 1 aliphatic rings. The highest BCUT2D eigenvalue weighted by Gasteiger charge is 2.19. The van der Waals surface area contributed by atoms with Gasteiger partial charge in [-0.2, -0.15) is 5.10 Å². The lowest BCUT2D eigenvalue weighted by Gasteiger charge is -2.01. The molecule has 0 bridgehead atoms. The molecule has 0 saturated heterocycles. The molecule has 1 aliphatic carbocycles. The second-order valence-electron chi connectivity index (χ2n) is 3.44. The van der Waals surface area contributed by atoms with Crippen molar-refractivity contribution in [3.05, 3.63) is 29.3 Å². The van der Waals surface area contributed by atoms with Crippen LogP contribution in [-0.2, 0) is 6.42 Å². The van der Waals surface area contributed by atoms with E-state index < -0.39 is 0 Å². The number of nitrogens with zero attached hydrogens (tertiary/aromatic N) is 2. The Morgan fingerprint density at radius 2 is 2.00 bits per heavy atom. The van der Waals surface area contributed by atoms with E-state index in [-0.39, 0.29) is 5.96 Å². The van der Waals surface area contributed by atoms with Crippen LogP contribution in [0.1, 0.15) is 17.5 Å². The normalized spacial score (nSPS) is 16.4. The molecule has 0 unspecified atom stereocenters. The van der Waals surface area contributed by atoms with Crippen molar-refractivity contribution in [1.82, 2.24) is 0 Å². The Bertz CT molecular complexity index is 443. The maximum absolute atomic E-state index is 5.85. The smallest absolute Gasteiger partial charge is 0.211 e. The fourth-order valence-electron chi connectivity index (χ4n) is 1.75. The largest absolute Gasteiger partial charge is 0.398 e. The van der Waals surface area contributed by atoms with E-state index in [4.69, 9.17) is 17.2 Å². The third kappa shape index (κ3) is 1.76. The van der Waals surface area contributed by atoms with Crippen LogP contribution in [0.4, 0.5) is 5.69 Å². The van der Waals surface area contributed by atoms with E-state index in [9.17, 15) is 0 Å². The molecule has 1 aromatic rings. The van der Waals surface area contributed by atoms with Crippen molar-refractivity contribution >= 4 is 17.4 Å². The molecule has 6 N–H and O–H groups in total. The number of benzene rings is 1. The van der Waals surface area contributed by atoms with E-state index >= 15 is 0 Å². The van der Waals surface area contributed by atoms with E-state index in [0.29, 0.717) is 0 Å². The standard InChI is InChI=1S/C10H13N5/c11-8-3-1-2-7-6(8)4-5-9(7)14-15-10(12)13/h1-3H,4-5,11H2,(H4,12,13,15). The molecule has 1 aromatic carbocycles. The molecule has 0 radical (unpaired) electrons. The third-order valence-electron chi connectivity index (χ3n) is 2.42. The number of hydrogen-bond donors (Lipinski definition) is 3. The summed E-state index contributed by atoms with van der Waals surface area (Å²) < 4.78 is 0. The van der Waals surface area contributed by atoms with Crippen LogP contribution in [0, 0.1) is 0 Å². The fraction of sp³-hybridized carbons (Fsp3) is 0.200. The molecule has 15 heavy (non-hydrogen) atoms. The van der Waals surface area contributed by atoms with Crippen LogP contribution in [-0.4, -0.2) is 11.7 Å². The molecular weight excluding hydrogens is 190 g/mol. The maximum atomic E-state index is 5.85. The lowest BCUT2D eigenvalue weighted by atomic mass is 10.1. The molecule has 0 aliphatic heterocycles. The van der Waals surface area contributed by atoms with Gasteiger partial charge in [0.1, 0.15) is 0 Å².